The van der Waals surface area contributed by atoms with Gasteiger partial charge in [0.25, 0.3) is 0 Å². The van der Waals surface area contributed by atoms with Crippen LogP contribution in [-0.4, -0.2) is 72.0 Å². The fourth-order valence-electron chi connectivity index (χ4n) is 5.27. The first kappa shape index (κ1) is 21.2. The number of H-pyrrole nitrogens is 1. The van der Waals surface area contributed by atoms with Crippen LogP contribution in [0.3, 0.4) is 0 Å². The van der Waals surface area contributed by atoms with Gasteiger partial charge in [0.1, 0.15) is 0 Å². The first-order valence-corrected chi connectivity index (χ1v) is 11.8. The first-order chi connectivity index (χ1) is 14.0. The Kier molecular flexibility index (Phi) is 6.85. The van der Waals surface area contributed by atoms with Gasteiger partial charge < -0.3 is 14.8 Å². The molecular weight excluding hydrogens is 380 g/mol. The number of aryl methyl sites for hydroxylation is 1. The topological polar surface area (TPSA) is 25.5 Å². The van der Waals surface area contributed by atoms with Crippen LogP contribution in [0.15, 0.2) is 18.2 Å². The maximum Gasteiger partial charge on any atom is 0.0460 e. The summed E-state index contributed by atoms with van der Waals surface area (Å²) in [5, 5.41) is 2.07. The number of hydrogen-bond donors (Lipinski definition) is 1. The zero-order valence-electron chi connectivity index (χ0n) is 18.4. The largest absolute Gasteiger partial charge is 0.357 e. The number of piperidine rings is 2. The van der Waals surface area contributed by atoms with Crippen LogP contribution in [0.25, 0.3) is 10.9 Å². The number of benzene rings is 1. The van der Waals surface area contributed by atoms with Gasteiger partial charge in [-0.05, 0) is 102 Å². The SMILES string of the molecule is CCN(Cc1[nH]c2ccc(Cl)cc2c1C)CC1CCN(C2CCN(C)CC2)CC1. The van der Waals surface area contributed by atoms with Gasteiger partial charge in [0, 0.05) is 40.8 Å². The molecule has 0 radical (unpaired) electrons. The van der Waals surface area contributed by atoms with Crippen LogP contribution in [0.4, 0.5) is 0 Å². The van der Waals surface area contributed by atoms with E-state index in [4.69, 9.17) is 11.6 Å². The first-order valence-electron chi connectivity index (χ1n) is 11.4. The molecule has 2 aliphatic heterocycles. The molecule has 0 atom stereocenters. The molecule has 2 aliphatic rings. The van der Waals surface area contributed by atoms with E-state index in [1.807, 2.05) is 6.07 Å². The second kappa shape index (κ2) is 9.38. The van der Waals surface area contributed by atoms with Gasteiger partial charge >= 0.3 is 0 Å². The van der Waals surface area contributed by atoms with Crippen molar-refractivity contribution in [3.8, 4) is 0 Å². The summed E-state index contributed by atoms with van der Waals surface area (Å²) in [6.07, 6.45) is 5.41. The van der Waals surface area contributed by atoms with E-state index in [1.54, 1.807) is 0 Å². The standard InChI is InChI=1S/C24H37ClN4/c1-4-28(17-24-18(2)22-15-20(25)5-6-23(22)26-24)16-19-7-13-29(14-8-19)21-9-11-27(3)12-10-21/h5-6,15,19,21,26H,4,7-14,16-17H2,1-3H3. The lowest BCUT2D eigenvalue weighted by molar-refractivity contribution is 0.0744. The average molecular weight is 417 g/mol. The zero-order chi connectivity index (χ0) is 20.4. The van der Waals surface area contributed by atoms with Gasteiger partial charge in [-0.25, -0.2) is 0 Å². The van der Waals surface area contributed by atoms with E-state index in [0.717, 1.165) is 30.1 Å². The van der Waals surface area contributed by atoms with E-state index in [-0.39, 0.29) is 0 Å². The minimum Gasteiger partial charge on any atom is -0.357 e. The Labute approximate surface area is 181 Å². The summed E-state index contributed by atoms with van der Waals surface area (Å²) < 4.78 is 0. The number of rotatable bonds is 6. The van der Waals surface area contributed by atoms with E-state index >= 15 is 0 Å². The Morgan fingerprint density at radius 2 is 1.83 bits per heavy atom. The minimum absolute atomic E-state index is 0.815. The summed E-state index contributed by atoms with van der Waals surface area (Å²) in [6, 6.07) is 6.99. The Bertz CT molecular complexity index is 801. The van der Waals surface area contributed by atoms with Gasteiger partial charge in [-0.1, -0.05) is 18.5 Å². The number of nitrogens with one attached hydrogen (secondary N) is 1. The van der Waals surface area contributed by atoms with E-state index in [2.05, 4.69) is 52.7 Å². The van der Waals surface area contributed by atoms with Crippen LogP contribution in [0.2, 0.25) is 5.02 Å². The predicted molar refractivity (Wildman–Crippen MR) is 124 cm³/mol. The molecule has 0 bridgehead atoms. The van der Waals surface area contributed by atoms with Crippen molar-refractivity contribution in [3.05, 3.63) is 34.5 Å². The molecule has 1 aromatic carbocycles. The van der Waals surface area contributed by atoms with Crippen LogP contribution < -0.4 is 0 Å². The van der Waals surface area contributed by atoms with Gasteiger partial charge in [0.15, 0.2) is 0 Å². The molecular formula is C24H37ClN4. The maximum absolute atomic E-state index is 6.21. The third-order valence-corrected chi connectivity index (χ3v) is 7.56. The smallest absolute Gasteiger partial charge is 0.0460 e. The molecule has 5 heteroatoms. The highest BCUT2D eigenvalue weighted by Gasteiger charge is 2.28. The van der Waals surface area contributed by atoms with Crippen LogP contribution in [0, 0.1) is 12.8 Å². The second-order valence-electron chi connectivity index (χ2n) is 9.26. The highest BCUT2D eigenvalue weighted by Crippen LogP contribution is 2.27. The van der Waals surface area contributed by atoms with Gasteiger partial charge in [-0.2, -0.15) is 0 Å². The molecule has 3 heterocycles. The summed E-state index contributed by atoms with van der Waals surface area (Å²) in [4.78, 5) is 11.5. The van der Waals surface area contributed by atoms with Crippen molar-refractivity contribution in [2.24, 2.45) is 5.92 Å². The lowest BCUT2D eigenvalue weighted by atomic mass is 9.93. The average Bonchev–Trinajstić information content (AvgIpc) is 3.03. The monoisotopic (exact) mass is 416 g/mol. The summed E-state index contributed by atoms with van der Waals surface area (Å²) >= 11 is 6.21. The molecule has 1 aromatic heterocycles. The zero-order valence-corrected chi connectivity index (χ0v) is 19.1. The van der Waals surface area contributed by atoms with Gasteiger partial charge in [-0.15, -0.1) is 0 Å². The third-order valence-electron chi connectivity index (χ3n) is 7.32. The van der Waals surface area contributed by atoms with E-state index in [9.17, 15) is 0 Å². The number of aromatic nitrogens is 1. The lowest BCUT2D eigenvalue weighted by Gasteiger charge is -2.41. The number of halogens is 1. The van der Waals surface area contributed by atoms with Crippen molar-refractivity contribution in [3.63, 3.8) is 0 Å². The predicted octanol–water partition coefficient (Wildman–Crippen LogP) is 4.76. The molecule has 29 heavy (non-hydrogen) atoms. The lowest BCUT2D eigenvalue weighted by Crippen LogP contribution is -2.47. The number of aromatic amines is 1. The Morgan fingerprint density at radius 3 is 2.52 bits per heavy atom. The molecule has 2 saturated heterocycles. The van der Waals surface area contributed by atoms with Crippen LogP contribution in [0.5, 0.6) is 0 Å². The van der Waals surface area contributed by atoms with Gasteiger partial charge in [-0.3, -0.25) is 4.90 Å². The van der Waals surface area contributed by atoms with Crippen molar-refractivity contribution in [2.45, 2.75) is 52.1 Å². The van der Waals surface area contributed by atoms with Crippen LogP contribution >= 0.6 is 11.6 Å². The summed E-state index contributed by atoms with van der Waals surface area (Å²) in [6.45, 7) is 13.0. The molecule has 0 aliphatic carbocycles. The van der Waals surface area contributed by atoms with Crippen molar-refractivity contribution >= 4 is 22.5 Å². The highest BCUT2D eigenvalue weighted by molar-refractivity contribution is 6.31. The fourth-order valence-corrected chi connectivity index (χ4v) is 5.44. The number of nitrogens with zero attached hydrogens (tertiary/aromatic N) is 3. The van der Waals surface area contributed by atoms with Crippen molar-refractivity contribution in [2.75, 3.05) is 46.3 Å². The molecule has 4 rings (SSSR count). The maximum atomic E-state index is 6.21. The molecule has 0 amide bonds. The van der Waals surface area contributed by atoms with E-state index in [0.29, 0.717) is 0 Å². The van der Waals surface area contributed by atoms with Gasteiger partial charge in [0.2, 0.25) is 0 Å². The molecule has 1 N–H and O–H groups in total. The Morgan fingerprint density at radius 1 is 1.10 bits per heavy atom. The fraction of sp³-hybridized carbons (Fsp3) is 0.667. The number of fused-ring (bicyclic) bond motifs is 1. The summed E-state index contributed by atoms with van der Waals surface area (Å²) in [5.74, 6) is 0.830. The number of hydrogen-bond acceptors (Lipinski definition) is 3. The van der Waals surface area contributed by atoms with Crippen molar-refractivity contribution in [1.29, 1.82) is 0 Å². The number of likely N-dealkylation sites (tertiary alicyclic amines) is 2. The Balaban J connectivity index is 1.31. The molecule has 2 aromatic rings. The summed E-state index contributed by atoms with van der Waals surface area (Å²) in [7, 11) is 2.26. The van der Waals surface area contributed by atoms with E-state index in [1.165, 1.54) is 80.6 Å². The second-order valence-corrected chi connectivity index (χ2v) is 9.70. The molecule has 160 valence electrons. The van der Waals surface area contributed by atoms with Crippen molar-refractivity contribution in [1.82, 2.24) is 19.7 Å². The third kappa shape index (κ3) is 4.99. The molecule has 0 unspecified atom stereocenters. The van der Waals surface area contributed by atoms with E-state index < -0.39 is 0 Å². The molecule has 0 spiro atoms. The molecule has 4 nitrogen and oxygen atoms in total. The normalized spacial score (nSPS) is 20.9. The highest BCUT2D eigenvalue weighted by atomic mass is 35.5. The molecule has 2 fully saturated rings. The Hall–Kier alpha value is -1.07. The van der Waals surface area contributed by atoms with Crippen LogP contribution in [0.1, 0.15) is 43.9 Å². The quantitative estimate of drug-likeness (QED) is 0.735. The summed E-state index contributed by atoms with van der Waals surface area (Å²) in [5.41, 5.74) is 3.88. The minimum atomic E-state index is 0.815. The molecule has 0 saturated carbocycles. The van der Waals surface area contributed by atoms with Crippen LogP contribution in [-0.2, 0) is 6.54 Å². The van der Waals surface area contributed by atoms with Crippen molar-refractivity contribution < 1.29 is 0 Å². The van der Waals surface area contributed by atoms with Gasteiger partial charge in [0.05, 0.1) is 0 Å².